The zero-order valence-electron chi connectivity index (χ0n) is 14.3. The van der Waals surface area contributed by atoms with Gasteiger partial charge >= 0.3 is 5.97 Å². The first-order valence-electron chi connectivity index (χ1n) is 8.04. The minimum Gasteiger partial charge on any atom is -0.465 e. The molecule has 4 atom stereocenters. The first kappa shape index (κ1) is 17.0. The van der Waals surface area contributed by atoms with E-state index in [1.165, 1.54) is 6.92 Å². The monoisotopic (exact) mass is 314 g/mol. The Morgan fingerprint density at radius 2 is 1.67 bits per heavy atom. The van der Waals surface area contributed by atoms with Gasteiger partial charge < -0.3 is 13.9 Å². The average molecular weight is 314 g/mol. The van der Waals surface area contributed by atoms with Gasteiger partial charge in [-0.05, 0) is 31.0 Å². The molecule has 122 valence electrons. The van der Waals surface area contributed by atoms with E-state index in [0.717, 1.165) is 19.4 Å². The molecule has 0 N–H and O–H groups in total. The molecule has 0 aromatic heterocycles. The molecule has 21 heavy (non-hydrogen) atoms. The zero-order chi connectivity index (χ0) is 15.8. The highest BCUT2D eigenvalue weighted by molar-refractivity contribution is 6.74. The largest absolute Gasteiger partial charge is 0.465 e. The van der Waals surface area contributed by atoms with Gasteiger partial charge in [-0.15, -0.1) is 0 Å². The van der Waals surface area contributed by atoms with Gasteiger partial charge in [0, 0.05) is 25.4 Å². The summed E-state index contributed by atoms with van der Waals surface area (Å²) in [4.78, 5) is 11.1. The molecular formula is C16H30O4Si. The van der Waals surface area contributed by atoms with Gasteiger partial charge in [0.25, 0.3) is 0 Å². The third-order valence-electron chi connectivity index (χ3n) is 5.51. The van der Waals surface area contributed by atoms with Crippen molar-refractivity contribution in [3.05, 3.63) is 0 Å². The number of ether oxygens (including phenoxy) is 2. The molecular weight excluding hydrogens is 284 g/mol. The minimum absolute atomic E-state index is 0.207. The number of fused-ring (bicyclic) bond motifs is 2. The normalized spacial score (nSPS) is 32.5. The molecule has 0 spiro atoms. The highest BCUT2D eigenvalue weighted by atomic mass is 28.4. The van der Waals surface area contributed by atoms with Crippen molar-refractivity contribution >= 4 is 14.3 Å². The lowest BCUT2D eigenvalue weighted by Crippen LogP contribution is -2.44. The second-order valence-electron chi connectivity index (χ2n) is 7.99. The van der Waals surface area contributed by atoms with E-state index in [2.05, 4.69) is 33.9 Å². The highest BCUT2D eigenvalue weighted by Gasteiger charge is 2.50. The SMILES string of the molecule is CC(=O)OCC1C2CCC(O2)C1CO[Si](C)(C)C(C)(C)C. The van der Waals surface area contributed by atoms with Crippen molar-refractivity contribution < 1.29 is 18.7 Å². The molecule has 2 aliphatic heterocycles. The van der Waals surface area contributed by atoms with E-state index in [0.29, 0.717) is 24.5 Å². The van der Waals surface area contributed by atoms with Crippen LogP contribution in [-0.2, 0) is 18.7 Å². The molecule has 2 fully saturated rings. The van der Waals surface area contributed by atoms with Crippen molar-refractivity contribution in [2.45, 2.75) is 70.9 Å². The Kier molecular flexibility index (Phi) is 4.86. The molecule has 4 nitrogen and oxygen atoms in total. The maximum absolute atomic E-state index is 11.1. The van der Waals surface area contributed by atoms with Crippen LogP contribution in [0.5, 0.6) is 0 Å². The van der Waals surface area contributed by atoms with Crippen molar-refractivity contribution in [1.29, 1.82) is 0 Å². The van der Waals surface area contributed by atoms with Crippen molar-refractivity contribution in [2.75, 3.05) is 13.2 Å². The van der Waals surface area contributed by atoms with Crippen LogP contribution in [0, 0.1) is 11.8 Å². The van der Waals surface area contributed by atoms with Crippen molar-refractivity contribution in [3.8, 4) is 0 Å². The molecule has 0 aromatic carbocycles. The van der Waals surface area contributed by atoms with Crippen LogP contribution in [-0.4, -0.2) is 39.7 Å². The van der Waals surface area contributed by atoms with E-state index in [9.17, 15) is 4.79 Å². The van der Waals surface area contributed by atoms with Crippen LogP contribution in [0.25, 0.3) is 0 Å². The minimum atomic E-state index is -1.74. The summed E-state index contributed by atoms with van der Waals surface area (Å²) in [6.07, 6.45) is 2.75. The fraction of sp³-hybridized carbons (Fsp3) is 0.938. The molecule has 5 heteroatoms. The maximum atomic E-state index is 11.1. The number of hydrogen-bond donors (Lipinski definition) is 0. The summed E-state index contributed by atoms with van der Waals surface area (Å²) in [5.41, 5.74) is 0. The van der Waals surface area contributed by atoms with Crippen LogP contribution in [0.2, 0.25) is 18.1 Å². The lowest BCUT2D eigenvalue weighted by atomic mass is 9.80. The van der Waals surface area contributed by atoms with Gasteiger partial charge in [0.15, 0.2) is 8.32 Å². The number of carbonyl (C=O) groups is 1. The molecule has 0 aliphatic carbocycles. The predicted octanol–water partition coefficient (Wildman–Crippen LogP) is 3.36. The van der Waals surface area contributed by atoms with E-state index in [1.807, 2.05) is 0 Å². The Bertz CT molecular complexity index is 388. The molecule has 0 saturated carbocycles. The molecule has 2 aliphatic rings. The van der Waals surface area contributed by atoms with E-state index in [-0.39, 0.29) is 17.1 Å². The van der Waals surface area contributed by atoms with Gasteiger partial charge in [0.05, 0.1) is 18.8 Å². The molecule has 2 bridgehead atoms. The van der Waals surface area contributed by atoms with Gasteiger partial charge in [-0.25, -0.2) is 0 Å². The van der Waals surface area contributed by atoms with Crippen LogP contribution < -0.4 is 0 Å². The fourth-order valence-electron chi connectivity index (χ4n) is 3.07. The standard InChI is InChI=1S/C16H30O4Si/c1-11(17)18-9-12-13(15-8-7-14(12)20-15)10-19-21(5,6)16(2,3)4/h12-15H,7-10H2,1-6H3. The summed E-state index contributed by atoms with van der Waals surface area (Å²) in [5, 5.41) is 0.219. The molecule has 0 radical (unpaired) electrons. The average Bonchev–Trinajstić information content (AvgIpc) is 2.92. The van der Waals surface area contributed by atoms with E-state index >= 15 is 0 Å². The van der Waals surface area contributed by atoms with Gasteiger partial charge in [-0.2, -0.15) is 0 Å². The Morgan fingerprint density at radius 3 is 2.14 bits per heavy atom. The molecule has 2 rings (SSSR count). The van der Waals surface area contributed by atoms with Crippen LogP contribution in [0.15, 0.2) is 0 Å². The lowest BCUT2D eigenvalue weighted by molar-refractivity contribution is -0.143. The van der Waals surface area contributed by atoms with Gasteiger partial charge in [-0.1, -0.05) is 20.8 Å². The smallest absolute Gasteiger partial charge is 0.302 e. The molecule has 4 unspecified atom stereocenters. The Labute approximate surface area is 129 Å². The van der Waals surface area contributed by atoms with Crippen LogP contribution >= 0.6 is 0 Å². The summed E-state index contributed by atoms with van der Waals surface area (Å²) in [6.45, 7) is 14.0. The molecule has 2 heterocycles. The maximum Gasteiger partial charge on any atom is 0.302 e. The second-order valence-corrected chi connectivity index (χ2v) is 12.8. The van der Waals surface area contributed by atoms with Crippen molar-refractivity contribution in [2.24, 2.45) is 11.8 Å². The summed E-state index contributed by atoms with van der Waals surface area (Å²) < 4.78 is 17.7. The lowest BCUT2D eigenvalue weighted by Gasteiger charge is -2.38. The Hall–Kier alpha value is -0.393. The van der Waals surface area contributed by atoms with E-state index in [4.69, 9.17) is 13.9 Å². The number of hydrogen-bond acceptors (Lipinski definition) is 4. The summed E-state index contributed by atoms with van der Waals surface area (Å²) in [5.74, 6) is 0.469. The number of carbonyl (C=O) groups excluding carboxylic acids is 1. The van der Waals surface area contributed by atoms with E-state index < -0.39 is 8.32 Å². The third-order valence-corrected chi connectivity index (χ3v) is 10.0. The van der Waals surface area contributed by atoms with Crippen LogP contribution in [0.1, 0.15) is 40.5 Å². The quantitative estimate of drug-likeness (QED) is 0.576. The molecule has 0 amide bonds. The Balaban J connectivity index is 1.95. The van der Waals surface area contributed by atoms with Crippen LogP contribution in [0.3, 0.4) is 0 Å². The van der Waals surface area contributed by atoms with Gasteiger partial charge in [0.2, 0.25) is 0 Å². The fourth-order valence-corrected chi connectivity index (χ4v) is 4.11. The first-order valence-corrected chi connectivity index (χ1v) is 11.0. The highest BCUT2D eigenvalue weighted by Crippen LogP contribution is 2.45. The van der Waals surface area contributed by atoms with E-state index in [1.54, 1.807) is 0 Å². The summed E-state index contributed by atoms with van der Waals surface area (Å²) >= 11 is 0. The first-order chi connectivity index (χ1) is 9.62. The van der Waals surface area contributed by atoms with Crippen molar-refractivity contribution in [3.63, 3.8) is 0 Å². The van der Waals surface area contributed by atoms with Gasteiger partial charge in [0.1, 0.15) is 0 Å². The van der Waals surface area contributed by atoms with Crippen molar-refractivity contribution in [1.82, 2.24) is 0 Å². The zero-order valence-corrected chi connectivity index (χ0v) is 15.3. The molecule has 0 aromatic rings. The number of rotatable bonds is 5. The topological polar surface area (TPSA) is 44.8 Å². The van der Waals surface area contributed by atoms with Gasteiger partial charge in [-0.3, -0.25) is 4.79 Å². The van der Waals surface area contributed by atoms with Crippen LogP contribution in [0.4, 0.5) is 0 Å². The Morgan fingerprint density at radius 1 is 1.14 bits per heavy atom. The molecule has 2 saturated heterocycles. The third kappa shape index (κ3) is 3.69. The summed E-state index contributed by atoms with van der Waals surface area (Å²) in [6, 6.07) is 0. The predicted molar refractivity (Wildman–Crippen MR) is 84.7 cm³/mol. The second kappa shape index (κ2) is 6.01. The summed E-state index contributed by atoms with van der Waals surface area (Å²) in [7, 11) is -1.74. The number of esters is 1.